The third-order valence-electron chi connectivity index (χ3n) is 8.61. The molecule has 22 nitrogen and oxygen atoms in total. The lowest BCUT2D eigenvalue weighted by molar-refractivity contribution is -0.380. The molecule has 280 valence electrons. The Balaban J connectivity index is 1.56. The van der Waals surface area contributed by atoms with Crippen molar-refractivity contribution in [2.75, 3.05) is 26.4 Å². The highest BCUT2D eigenvalue weighted by Gasteiger charge is 2.55. The number of carbonyl (C=O) groups excluding carboxylic acids is 1. The number of hydrogen-bond acceptors (Lipinski definition) is 21. The summed E-state index contributed by atoms with van der Waals surface area (Å²) in [6, 6.07) is -1.61. The average Bonchev–Trinajstić information content (AvgIpc) is 3.06. The molecule has 22 heteroatoms. The molecule has 4 rings (SSSR count). The van der Waals surface area contributed by atoms with Crippen molar-refractivity contribution >= 4 is 5.91 Å². The molecule has 4 heterocycles. The number of ether oxygens (including phenoxy) is 7. The summed E-state index contributed by atoms with van der Waals surface area (Å²) in [5.41, 5.74) is 0. The molecule has 4 saturated heterocycles. The third kappa shape index (κ3) is 8.08. The number of hydrogen-bond donors (Lipinski definition) is 14. The molecule has 4 aliphatic rings. The molecule has 9 unspecified atom stereocenters. The molecule has 0 aromatic carbocycles. The van der Waals surface area contributed by atoms with Crippen LogP contribution in [0, 0.1) is 0 Å². The molecule has 0 aromatic rings. The summed E-state index contributed by atoms with van der Waals surface area (Å²) in [4.78, 5) is 12.2. The molecule has 0 spiro atoms. The van der Waals surface area contributed by atoms with Crippen LogP contribution in [0.1, 0.15) is 6.92 Å². The van der Waals surface area contributed by atoms with Gasteiger partial charge in [0.05, 0.1) is 26.4 Å². The first-order chi connectivity index (χ1) is 22.7. The van der Waals surface area contributed by atoms with E-state index in [4.69, 9.17) is 33.2 Å². The molecular formula is C26H45NO21. The Bertz CT molecular complexity index is 1030. The number of rotatable bonds is 11. The molecule has 4 fully saturated rings. The summed E-state index contributed by atoms with van der Waals surface area (Å²) >= 11 is 0. The quantitative estimate of drug-likeness (QED) is 0.0947. The van der Waals surface area contributed by atoms with Crippen LogP contribution in [0.15, 0.2) is 0 Å². The van der Waals surface area contributed by atoms with E-state index in [0.717, 1.165) is 6.92 Å². The number of aliphatic hydroxyl groups excluding tert-OH is 13. The van der Waals surface area contributed by atoms with Crippen LogP contribution in [-0.4, -0.2) is 221 Å². The molecule has 0 aromatic heterocycles. The lowest BCUT2D eigenvalue weighted by atomic mass is 9.94. The Morgan fingerprint density at radius 2 is 0.958 bits per heavy atom. The Morgan fingerprint density at radius 1 is 0.500 bits per heavy atom. The minimum absolute atomic E-state index is 0.755. The highest BCUT2D eigenvalue weighted by atomic mass is 16.8. The van der Waals surface area contributed by atoms with Crippen molar-refractivity contribution in [3.8, 4) is 0 Å². The van der Waals surface area contributed by atoms with Gasteiger partial charge in [-0.3, -0.25) is 4.79 Å². The van der Waals surface area contributed by atoms with Crippen molar-refractivity contribution in [3.05, 3.63) is 0 Å². The van der Waals surface area contributed by atoms with Crippen LogP contribution in [-0.2, 0) is 38.0 Å². The average molecular weight is 708 g/mol. The Morgan fingerprint density at radius 3 is 1.50 bits per heavy atom. The zero-order valence-corrected chi connectivity index (χ0v) is 25.5. The molecule has 0 saturated carbocycles. The monoisotopic (exact) mass is 707 g/mol. The molecule has 0 aliphatic carbocycles. The predicted molar refractivity (Wildman–Crippen MR) is 145 cm³/mol. The van der Waals surface area contributed by atoms with Crippen LogP contribution in [0.4, 0.5) is 0 Å². The molecular weight excluding hydrogens is 662 g/mol. The van der Waals surface area contributed by atoms with Gasteiger partial charge in [-0.1, -0.05) is 0 Å². The van der Waals surface area contributed by atoms with Gasteiger partial charge in [0.1, 0.15) is 97.6 Å². The Kier molecular flexibility index (Phi) is 13.8. The summed E-state index contributed by atoms with van der Waals surface area (Å²) in [6.07, 6.45) is -33.5. The standard InChI is InChI=1S/C26H45NO21/c1-6(32)27-11-14(35)20(46-25-18(39)15(36)12(33)7(2-28)43-25)10(5-31)45-24(11)48-22-13(34)8(3-29)44-26(19(22)40)47-21-9(4-30)42-23(41)17(38)16(21)37/h7-26,28-31,33-41H,2-5H2,1H3,(H,27,32)/t7-,8?,9-,10?,11?,12-,13-,14+,15?,16?,17?,18?,19?,20+,21+,22-,23?,24-,25-,26-/m0/s1. The zero-order valence-electron chi connectivity index (χ0n) is 25.5. The topological polar surface area (TPSA) is 357 Å². The fourth-order valence-electron chi connectivity index (χ4n) is 5.95. The van der Waals surface area contributed by atoms with E-state index in [1.165, 1.54) is 0 Å². The Hall–Kier alpha value is -1.33. The second-order valence-corrected chi connectivity index (χ2v) is 11.9. The maximum atomic E-state index is 12.2. The predicted octanol–water partition coefficient (Wildman–Crippen LogP) is -9.61. The molecule has 0 bridgehead atoms. The van der Waals surface area contributed by atoms with Gasteiger partial charge in [0.2, 0.25) is 5.91 Å². The van der Waals surface area contributed by atoms with Gasteiger partial charge in [0.15, 0.2) is 25.2 Å². The highest BCUT2D eigenvalue weighted by molar-refractivity contribution is 5.73. The van der Waals surface area contributed by atoms with Gasteiger partial charge in [-0.05, 0) is 0 Å². The molecule has 20 atom stereocenters. The van der Waals surface area contributed by atoms with Gasteiger partial charge in [-0.2, -0.15) is 0 Å². The van der Waals surface area contributed by atoms with Crippen LogP contribution in [0.25, 0.3) is 0 Å². The summed E-state index contributed by atoms with van der Waals surface area (Å²) in [6.45, 7) is -2.37. The van der Waals surface area contributed by atoms with E-state index in [1.807, 2.05) is 0 Å². The smallest absolute Gasteiger partial charge is 0.217 e. The van der Waals surface area contributed by atoms with E-state index >= 15 is 0 Å². The van der Waals surface area contributed by atoms with Crippen molar-refractivity contribution in [2.45, 2.75) is 130 Å². The second kappa shape index (κ2) is 16.8. The molecule has 1 amide bonds. The van der Waals surface area contributed by atoms with Gasteiger partial charge < -0.3 is 105 Å². The molecule has 48 heavy (non-hydrogen) atoms. The van der Waals surface area contributed by atoms with Gasteiger partial charge in [0, 0.05) is 6.92 Å². The fourth-order valence-corrected chi connectivity index (χ4v) is 5.95. The van der Waals surface area contributed by atoms with Crippen molar-refractivity contribution in [1.29, 1.82) is 0 Å². The molecule has 4 aliphatic heterocycles. The first-order valence-electron chi connectivity index (χ1n) is 15.1. The second-order valence-electron chi connectivity index (χ2n) is 11.9. The number of aliphatic hydroxyl groups is 13. The van der Waals surface area contributed by atoms with E-state index < -0.39 is 155 Å². The maximum Gasteiger partial charge on any atom is 0.217 e. The normalized spacial score (nSPS) is 50.2. The summed E-state index contributed by atoms with van der Waals surface area (Å²) in [5, 5.41) is 136. The maximum absolute atomic E-state index is 12.2. The van der Waals surface area contributed by atoms with Crippen LogP contribution in [0.2, 0.25) is 0 Å². The summed E-state index contributed by atoms with van der Waals surface area (Å²) < 4.78 is 38.5. The molecule has 0 radical (unpaired) electrons. The van der Waals surface area contributed by atoms with E-state index in [0.29, 0.717) is 0 Å². The van der Waals surface area contributed by atoms with E-state index in [1.54, 1.807) is 0 Å². The van der Waals surface area contributed by atoms with Crippen molar-refractivity contribution in [1.82, 2.24) is 5.32 Å². The Labute approximate surface area is 272 Å². The molecule has 14 N–H and O–H groups in total. The van der Waals surface area contributed by atoms with E-state index in [-0.39, 0.29) is 0 Å². The lowest BCUT2D eigenvalue weighted by Crippen LogP contribution is -2.69. The van der Waals surface area contributed by atoms with Crippen LogP contribution < -0.4 is 5.32 Å². The van der Waals surface area contributed by atoms with E-state index in [9.17, 15) is 71.2 Å². The summed E-state index contributed by atoms with van der Waals surface area (Å²) in [7, 11) is 0. The number of carbonyl (C=O) groups is 1. The first-order valence-corrected chi connectivity index (χ1v) is 15.1. The van der Waals surface area contributed by atoms with E-state index in [2.05, 4.69) is 5.32 Å². The van der Waals surface area contributed by atoms with Gasteiger partial charge in [0.25, 0.3) is 0 Å². The van der Waals surface area contributed by atoms with Crippen molar-refractivity contribution < 1.29 is 104 Å². The summed E-state index contributed by atoms with van der Waals surface area (Å²) in [5.74, 6) is -0.755. The van der Waals surface area contributed by atoms with Crippen LogP contribution >= 0.6 is 0 Å². The first kappa shape index (κ1) is 39.5. The lowest BCUT2D eigenvalue weighted by Gasteiger charge is -2.49. The zero-order chi connectivity index (χ0) is 35.6. The minimum Gasteiger partial charge on any atom is -0.394 e. The van der Waals surface area contributed by atoms with Gasteiger partial charge in [-0.15, -0.1) is 0 Å². The van der Waals surface area contributed by atoms with Crippen LogP contribution in [0.5, 0.6) is 0 Å². The minimum atomic E-state index is -2.02. The fraction of sp³-hybridized carbons (Fsp3) is 0.962. The SMILES string of the molecule is CC(=O)NC1[C@H](O[C@@H]2C(O)[C@H](O[C@H]3C(O)C(O)C(O)O[C@H]3CO)OC(CO)[C@@H]2O)OC(CO)[C@@H](O[C@@H]2O[C@@H](CO)[C@H](O)C(O)C2O)[C@@H]1O. The number of nitrogens with one attached hydrogen (secondary N) is 1. The van der Waals surface area contributed by atoms with Gasteiger partial charge >= 0.3 is 0 Å². The van der Waals surface area contributed by atoms with Crippen molar-refractivity contribution in [3.63, 3.8) is 0 Å². The third-order valence-corrected chi connectivity index (χ3v) is 8.61. The van der Waals surface area contributed by atoms with Crippen LogP contribution in [0.3, 0.4) is 0 Å². The highest BCUT2D eigenvalue weighted by Crippen LogP contribution is 2.34. The largest absolute Gasteiger partial charge is 0.394 e. The number of amides is 1. The van der Waals surface area contributed by atoms with Gasteiger partial charge in [-0.25, -0.2) is 0 Å². The van der Waals surface area contributed by atoms with Crippen molar-refractivity contribution in [2.24, 2.45) is 0 Å².